The number of amides is 3. The number of nitrogens with zero attached hydrogens (tertiary/aromatic N) is 2. The molecule has 0 aliphatic carbocycles. The zero-order valence-corrected chi connectivity index (χ0v) is 14.2. The molecule has 2 rings (SSSR count). The van der Waals surface area contributed by atoms with Gasteiger partial charge in [0.25, 0.3) is 5.91 Å². The number of hydrogen-bond acceptors (Lipinski definition) is 3. The second-order valence-corrected chi connectivity index (χ2v) is 5.81. The minimum atomic E-state index is -0.0764. The van der Waals surface area contributed by atoms with Gasteiger partial charge in [-0.05, 0) is 37.6 Å². The van der Waals surface area contributed by atoms with Crippen LogP contribution in [0.3, 0.4) is 0 Å². The lowest BCUT2D eigenvalue weighted by atomic mass is 10.2. The Balaban J connectivity index is 1.79. The Morgan fingerprint density at radius 2 is 1.87 bits per heavy atom. The summed E-state index contributed by atoms with van der Waals surface area (Å²) >= 11 is 5.96. The van der Waals surface area contributed by atoms with Crippen LogP contribution in [-0.4, -0.2) is 61.1 Å². The number of carbonyl (C=O) groups is 2. The number of hydrogen-bond donors (Lipinski definition) is 1. The van der Waals surface area contributed by atoms with Crippen molar-refractivity contribution in [2.45, 2.75) is 13.8 Å². The minimum Gasteiger partial charge on any atom is -0.484 e. The maximum Gasteiger partial charge on any atom is 0.317 e. The molecule has 1 saturated heterocycles. The van der Waals surface area contributed by atoms with Crippen LogP contribution in [0.2, 0.25) is 5.02 Å². The standard InChI is InChI=1S/C16H22ClN3O3/c1-3-18-16(22)20-8-6-19(7-9-20)15(21)11-23-13-4-5-14(17)12(2)10-13/h4-5,10H,3,6-9,11H2,1-2H3,(H,18,22). The van der Waals surface area contributed by atoms with Crippen LogP contribution in [0.25, 0.3) is 0 Å². The van der Waals surface area contributed by atoms with Crippen LogP contribution in [0.1, 0.15) is 12.5 Å². The van der Waals surface area contributed by atoms with Crippen LogP contribution < -0.4 is 10.1 Å². The summed E-state index contributed by atoms with van der Waals surface area (Å²) in [6.45, 7) is 6.49. The van der Waals surface area contributed by atoms with Gasteiger partial charge < -0.3 is 19.9 Å². The third kappa shape index (κ3) is 4.76. The Morgan fingerprint density at radius 3 is 2.48 bits per heavy atom. The molecule has 1 aromatic rings. The molecule has 7 heteroatoms. The van der Waals surface area contributed by atoms with E-state index in [1.807, 2.05) is 19.9 Å². The summed E-state index contributed by atoms with van der Waals surface area (Å²) in [6, 6.07) is 5.23. The van der Waals surface area contributed by atoms with E-state index in [1.165, 1.54) is 0 Å². The number of urea groups is 1. The van der Waals surface area contributed by atoms with Crippen molar-refractivity contribution in [3.63, 3.8) is 0 Å². The Labute approximate surface area is 141 Å². The fraction of sp³-hybridized carbons (Fsp3) is 0.500. The van der Waals surface area contributed by atoms with Gasteiger partial charge in [0.2, 0.25) is 0 Å². The number of nitrogens with one attached hydrogen (secondary N) is 1. The molecule has 1 aliphatic heterocycles. The first-order valence-electron chi connectivity index (χ1n) is 7.70. The number of ether oxygens (including phenoxy) is 1. The van der Waals surface area contributed by atoms with E-state index < -0.39 is 0 Å². The molecule has 3 amide bonds. The molecule has 0 spiro atoms. The maximum absolute atomic E-state index is 12.2. The van der Waals surface area contributed by atoms with Gasteiger partial charge in [-0.25, -0.2) is 4.79 Å². The van der Waals surface area contributed by atoms with E-state index in [2.05, 4.69) is 5.32 Å². The first-order chi connectivity index (χ1) is 11.0. The molecule has 0 atom stereocenters. The normalized spacial score (nSPS) is 14.6. The van der Waals surface area contributed by atoms with Gasteiger partial charge in [-0.3, -0.25) is 4.79 Å². The van der Waals surface area contributed by atoms with Crippen LogP contribution in [0, 0.1) is 6.92 Å². The highest BCUT2D eigenvalue weighted by Gasteiger charge is 2.23. The second kappa shape index (κ2) is 8.06. The number of carbonyl (C=O) groups excluding carboxylic acids is 2. The van der Waals surface area contributed by atoms with Gasteiger partial charge >= 0.3 is 6.03 Å². The molecule has 6 nitrogen and oxygen atoms in total. The lowest BCUT2D eigenvalue weighted by Gasteiger charge is -2.34. The highest BCUT2D eigenvalue weighted by atomic mass is 35.5. The fourth-order valence-electron chi connectivity index (χ4n) is 2.37. The third-order valence-electron chi connectivity index (χ3n) is 3.74. The molecule has 0 radical (unpaired) electrons. The monoisotopic (exact) mass is 339 g/mol. The second-order valence-electron chi connectivity index (χ2n) is 5.40. The van der Waals surface area contributed by atoms with Gasteiger partial charge in [-0.1, -0.05) is 11.6 Å². The van der Waals surface area contributed by atoms with Gasteiger partial charge in [0.1, 0.15) is 5.75 Å². The summed E-state index contributed by atoms with van der Waals surface area (Å²) in [4.78, 5) is 27.3. The zero-order chi connectivity index (χ0) is 16.8. The maximum atomic E-state index is 12.2. The Kier molecular flexibility index (Phi) is 6.10. The summed E-state index contributed by atoms with van der Waals surface area (Å²) in [5.74, 6) is 0.550. The predicted octanol–water partition coefficient (Wildman–Crippen LogP) is 1.90. The minimum absolute atomic E-state index is 0.0117. The number of rotatable bonds is 4. The summed E-state index contributed by atoms with van der Waals surface area (Å²) in [5.41, 5.74) is 0.909. The van der Waals surface area contributed by atoms with Crippen LogP contribution in [0.15, 0.2) is 18.2 Å². The van der Waals surface area contributed by atoms with Gasteiger partial charge in [0.05, 0.1) is 0 Å². The van der Waals surface area contributed by atoms with E-state index >= 15 is 0 Å². The van der Waals surface area contributed by atoms with Crippen molar-refractivity contribution >= 4 is 23.5 Å². The molecule has 126 valence electrons. The van der Waals surface area contributed by atoms with Crippen LogP contribution in [0.5, 0.6) is 5.75 Å². The van der Waals surface area contributed by atoms with Crippen molar-refractivity contribution in [2.24, 2.45) is 0 Å². The molecule has 0 bridgehead atoms. The summed E-state index contributed by atoms with van der Waals surface area (Å²) in [7, 11) is 0. The van der Waals surface area contributed by atoms with Gasteiger partial charge in [0.15, 0.2) is 6.61 Å². The Hall–Kier alpha value is -1.95. The van der Waals surface area contributed by atoms with E-state index in [9.17, 15) is 9.59 Å². The van der Waals surface area contributed by atoms with Gasteiger partial charge in [-0.2, -0.15) is 0 Å². The smallest absolute Gasteiger partial charge is 0.317 e. The van der Waals surface area contributed by atoms with E-state index in [-0.39, 0.29) is 18.5 Å². The Bertz CT molecular complexity index is 572. The lowest BCUT2D eigenvalue weighted by molar-refractivity contribution is -0.134. The van der Waals surface area contributed by atoms with Gasteiger partial charge in [-0.15, -0.1) is 0 Å². The van der Waals surface area contributed by atoms with E-state index in [4.69, 9.17) is 16.3 Å². The number of aryl methyl sites for hydroxylation is 1. The van der Waals surface area contributed by atoms with E-state index in [0.717, 1.165) is 5.56 Å². The van der Waals surface area contributed by atoms with E-state index in [0.29, 0.717) is 43.5 Å². The van der Waals surface area contributed by atoms with Crippen molar-refractivity contribution in [3.05, 3.63) is 28.8 Å². The lowest BCUT2D eigenvalue weighted by Crippen LogP contribution is -2.53. The Morgan fingerprint density at radius 1 is 1.22 bits per heavy atom. The van der Waals surface area contributed by atoms with Crippen molar-refractivity contribution in [1.29, 1.82) is 0 Å². The molecule has 1 aromatic carbocycles. The van der Waals surface area contributed by atoms with Crippen LogP contribution in [0.4, 0.5) is 4.79 Å². The molecule has 0 saturated carbocycles. The molecule has 1 N–H and O–H groups in total. The van der Waals surface area contributed by atoms with Crippen LogP contribution in [-0.2, 0) is 4.79 Å². The SMILES string of the molecule is CCNC(=O)N1CCN(C(=O)COc2ccc(Cl)c(C)c2)CC1. The third-order valence-corrected chi connectivity index (χ3v) is 4.16. The first-order valence-corrected chi connectivity index (χ1v) is 8.08. The van der Waals surface area contributed by atoms with Crippen molar-refractivity contribution in [2.75, 3.05) is 39.3 Å². The zero-order valence-electron chi connectivity index (χ0n) is 13.5. The molecule has 0 unspecified atom stereocenters. The first kappa shape index (κ1) is 17.4. The number of halogens is 1. The van der Waals surface area contributed by atoms with E-state index in [1.54, 1.807) is 21.9 Å². The van der Waals surface area contributed by atoms with Crippen LogP contribution >= 0.6 is 11.6 Å². The summed E-state index contributed by atoms with van der Waals surface area (Å²) in [5, 5.41) is 3.44. The summed E-state index contributed by atoms with van der Waals surface area (Å²) in [6.07, 6.45) is 0. The van der Waals surface area contributed by atoms with Crippen molar-refractivity contribution in [1.82, 2.24) is 15.1 Å². The average molecular weight is 340 g/mol. The summed E-state index contributed by atoms with van der Waals surface area (Å²) < 4.78 is 5.53. The molecule has 1 aliphatic rings. The predicted molar refractivity (Wildman–Crippen MR) is 88.9 cm³/mol. The quantitative estimate of drug-likeness (QED) is 0.911. The molecular weight excluding hydrogens is 318 g/mol. The topological polar surface area (TPSA) is 61.9 Å². The molecule has 1 heterocycles. The molecule has 1 fully saturated rings. The number of piperazine rings is 1. The largest absolute Gasteiger partial charge is 0.484 e. The molecule has 0 aromatic heterocycles. The fourth-order valence-corrected chi connectivity index (χ4v) is 2.48. The molecule has 23 heavy (non-hydrogen) atoms. The van der Waals surface area contributed by atoms with Crippen molar-refractivity contribution < 1.29 is 14.3 Å². The number of benzene rings is 1. The van der Waals surface area contributed by atoms with Crippen molar-refractivity contribution in [3.8, 4) is 5.75 Å². The highest BCUT2D eigenvalue weighted by Crippen LogP contribution is 2.21. The highest BCUT2D eigenvalue weighted by molar-refractivity contribution is 6.31. The average Bonchev–Trinajstić information content (AvgIpc) is 2.56. The molecular formula is C16H22ClN3O3. The van der Waals surface area contributed by atoms with Gasteiger partial charge in [0, 0.05) is 37.7 Å².